The van der Waals surface area contributed by atoms with Crippen LogP contribution in [0, 0.1) is 11.2 Å². The molecule has 1 amide bonds. The average Bonchev–Trinajstić information content (AvgIpc) is 3.47. The molecule has 0 spiro atoms. The summed E-state index contributed by atoms with van der Waals surface area (Å²) in [4.78, 5) is 14.8. The van der Waals surface area contributed by atoms with Gasteiger partial charge in [0.05, 0.1) is 11.3 Å². The van der Waals surface area contributed by atoms with Gasteiger partial charge in [-0.1, -0.05) is 13.8 Å². The minimum atomic E-state index is -3.59. The number of carbonyl (C=O) groups excluding carboxylic acids is 1. The van der Waals surface area contributed by atoms with Gasteiger partial charge in [-0.2, -0.15) is 0 Å². The average molecular weight is 472 g/mol. The predicted molar refractivity (Wildman–Crippen MR) is 128 cm³/mol. The van der Waals surface area contributed by atoms with Gasteiger partial charge >= 0.3 is 0 Å². The van der Waals surface area contributed by atoms with Crippen molar-refractivity contribution in [2.75, 3.05) is 23.3 Å². The predicted octanol–water partition coefficient (Wildman–Crippen LogP) is 4.38. The zero-order valence-corrected chi connectivity index (χ0v) is 19.8. The third-order valence-electron chi connectivity index (χ3n) is 7.00. The van der Waals surface area contributed by atoms with Crippen molar-refractivity contribution in [1.82, 2.24) is 4.72 Å². The lowest BCUT2D eigenvalue weighted by molar-refractivity contribution is 0.0981. The molecule has 0 aromatic heterocycles. The van der Waals surface area contributed by atoms with Crippen LogP contribution in [0.4, 0.5) is 15.8 Å². The Hall–Kier alpha value is -2.61. The number of hydrogen-bond donors (Lipinski definition) is 2. The SMILES string of the molecule is CC1(C)Cc2cc(C(=O)NS(=O)(=O)C3CC3)ccc2NC1c1cc(F)cc(N2CCCC2)c1. The molecule has 8 heteroatoms. The van der Waals surface area contributed by atoms with Crippen LogP contribution in [-0.4, -0.2) is 32.7 Å². The summed E-state index contributed by atoms with van der Waals surface area (Å²) in [6.07, 6.45) is 4.14. The number of halogens is 1. The van der Waals surface area contributed by atoms with E-state index in [0.717, 1.165) is 48.4 Å². The fourth-order valence-electron chi connectivity index (χ4n) is 5.07. The maximum Gasteiger partial charge on any atom is 0.264 e. The third kappa shape index (κ3) is 4.45. The Labute approximate surface area is 194 Å². The van der Waals surface area contributed by atoms with Gasteiger partial charge in [-0.3, -0.25) is 4.79 Å². The Morgan fingerprint density at radius 1 is 1.12 bits per heavy atom. The number of hydrogen-bond acceptors (Lipinski definition) is 5. The molecule has 2 aromatic rings. The number of rotatable bonds is 5. The minimum absolute atomic E-state index is 0.100. The Balaban J connectivity index is 1.41. The Kier molecular flexibility index (Phi) is 5.39. The Morgan fingerprint density at radius 3 is 2.55 bits per heavy atom. The summed E-state index contributed by atoms with van der Waals surface area (Å²) in [5, 5.41) is 3.11. The van der Waals surface area contributed by atoms with Gasteiger partial charge in [-0.15, -0.1) is 0 Å². The molecule has 33 heavy (non-hydrogen) atoms. The van der Waals surface area contributed by atoms with Crippen molar-refractivity contribution in [2.24, 2.45) is 5.41 Å². The first kappa shape index (κ1) is 22.2. The first-order chi connectivity index (χ1) is 15.6. The smallest absolute Gasteiger partial charge is 0.264 e. The zero-order chi connectivity index (χ0) is 23.4. The van der Waals surface area contributed by atoms with Crippen LogP contribution in [0.3, 0.4) is 0 Å². The maximum absolute atomic E-state index is 14.6. The molecule has 2 N–H and O–H groups in total. The summed E-state index contributed by atoms with van der Waals surface area (Å²) in [5.74, 6) is -0.827. The van der Waals surface area contributed by atoms with Gasteiger partial charge in [-0.25, -0.2) is 17.5 Å². The van der Waals surface area contributed by atoms with E-state index in [-0.39, 0.29) is 17.3 Å². The summed E-state index contributed by atoms with van der Waals surface area (Å²) in [7, 11) is -3.59. The number of carbonyl (C=O) groups is 1. The summed E-state index contributed by atoms with van der Waals surface area (Å²) < 4.78 is 41.1. The van der Waals surface area contributed by atoms with Crippen molar-refractivity contribution < 1.29 is 17.6 Å². The topological polar surface area (TPSA) is 78.5 Å². The molecular formula is C25H30FN3O3S. The lowest BCUT2D eigenvalue weighted by atomic mass is 9.72. The van der Waals surface area contributed by atoms with Crippen LogP contribution in [0.5, 0.6) is 0 Å². The first-order valence-corrected chi connectivity index (χ1v) is 13.2. The molecule has 2 aliphatic heterocycles. The van der Waals surface area contributed by atoms with Gasteiger partial charge in [0.1, 0.15) is 5.82 Å². The number of nitrogens with zero attached hydrogens (tertiary/aromatic N) is 1. The molecule has 1 unspecified atom stereocenters. The molecular weight excluding hydrogens is 441 g/mol. The molecule has 0 radical (unpaired) electrons. The van der Waals surface area contributed by atoms with E-state index in [4.69, 9.17) is 0 Å². The Bertz CT molecular complexity index is 1200. The zero-order valence-electron chi connectivity index (χ0n) is 19.0. The summed E-state index contributed by atoms with van der Waals surface area (Å²) in [6, 6.07) is 10.4. The maximum atomic E-state index is 14.6. The molecule has 1 saturated heterocycles. The van der Waals surface area contributed by atoms with Crippen molar-refractivity contribution in [3.05, 3.63) is 58.9 Å². The highest BCUT2D eigenvalue weighted by molar-refractivity contribution is 7.91. The van der Waals surface area contributed by atoms with Gasteiger partial charge in [0, 0.05) is 30.0 Å². The van der Waals surface area contributed by atoms with Crippen LogP contribution < -0.4 is 14.9 Å². The highest BCUT2D eigenvalue weighted by atomic mass is 32.2. The lowest BCUT2D eigenvalue weighted by Gasteiger charge is -2.41. The minimum Gasteiger partial charge on any atom is -0.377 e. The van der Waals surface area contributed by atoms with E-state index in [0.29, 0.717) is 24.8 Å². The van der Waals surface area contributed by atoms with E-state index in [2.05, 4.69) is 34.9 Å². The van der Waals surface area contributed by atoms with E-state index in [1.807, 2.05) is 6.07 Å². The van der Waals surface area contributed by atoms with Crippen LogP contribution >= 0.6 is 0 Å². The van der Waals surface area contributed by atoms with E-state index < -0.39 is 21.2 Å². The third-order valence-corrected chi connectivity index (χ3v) is 8.82. The molecule has 2 fully saturated rings. The molecule has 1 aliphatic carbocycles. The van der Waals surface area contributed by atoms with Gasteiger partial charge < -0.3 is 10.2 Å². The fourth-order valence-corrected chi connectivity index (χ4v) is 6.37. The van der Waals surface area contributed by atoms with Gasteiger partial charge in [0.2, 0.25) is 10.0 Å². The van der Waals surface area contributed by atoms with E-state index in [1.165, 1.54) is 0 Å². The fraction of sp³-hybridized carbons (Fsp3) is 0.480. The number of benzene rings is 2. The van der Waals surface area contributed by atoms with Crippen LogP contribution in [0.1, 0.15) is 67.1 Å². The second-order valence-corrected chi connectivity index (χ2v) is 12.2. The molecule has 0 bridgehead atoms. The molecule has 6 nitrogen and oxygen atoms in total. The summed E-state index contributed by atoms with van der Waals surface area (Å²) in [5.41, 5.74) is 3.74. The summed E-state index contributed by atoms with van der Waals surface area (Å²) in [6.45, 7) is 6.15. The van der Waals surface area contributed by atoms with Crippen LogP contribution in [0.15, 0.2) is 36.4 Å². The van der Waals surface area contributed by atoms with Crippen LogP contribution in [0.25, 0.3) is 0 Å². The largest absolute Gasteiger partial charge is 0.377 e. The van der Waals surface area contributed by atoms with Crippen molar-refractivity contribution in [3.63, 3.8) is 0 Å². The molecule has 2 aromatic carbocycles. The highest BCUT2D eigenvalue weighted by Gasteiger charge is 2.38. The van der Waals surface area contributed by atoms with Crippen molar-refractivity contribution in [2.45, 2.75) is 57.2 Å². The quantitative estimate of drug-likeness (QED) is 0.677. The first-order valence-electron chi connectivity index (χ1n) is 11.6. The number of anilines is 2. The van der Waals surface area contributed by atoms with Crippen molar-refractivity contribution >= 4 is 27.3 Å². The standard InChI is InChI=1S/C25H30FN3O3S/c1-25(2)15-18-11-16(24(30)28-33(31,32)21-6-7-21)5-8-22(18)27-23(25)17-12-19(26)14-20(13-17)29-9-3-4-10-29/h5,8,11-14,21,23,27H,3-4,6-7,9-10,15H2,1-2H3,(H,28,30). The van der Waals surface area contributed by atoms with E-state index in [1.54, 1.807) is 24.3 Å². The molecule has 3 aliphatic rings. The van der Waals surface area contributed by atoms with Gasteiger partial charge in [0.15, 0.2) is 0 Å². The normalized spacial score (nSPS) is 21.9. The second-order valence-electron chi connectivity index (χ2n) is 10.2. The molecule has 2 heterocycles. The number of fused-ring (bicyclic) bond motifs is 1. The number of amides is 1. The van der Waals surface area contributed by atoms with Crippen molar-refractivity contribution in [1.29, 1.82) is 0 Å². The van der Waals surface area contributed by atoms with E-state index in [9.17, 15) is 17.6 Å². The second kappa shape index (κ2) is 8.01. The van der Waals surface area contributed by atoms with Crippen molar-refractivity contribution in [3.8, 4) is 0 Å². The van der Waals surface area contributed by atoms with Gasteiger partial charge in [0.25, 0.3) is 5.91 Å². The van der Waals surface area contributed by atoms with E-state index >= 15 is 0 Å². The monoisotopic (exact) mass is 471 g/mol. The summed E-state index contributed by atoms with van der Waals surface area (Å²) >= 11 is 0. The molecule has 1 atom stereocenters. The number of sulfonamides is 1. The highest BCUT2D eigenvalue weighted by Crippen LogP contribution is 2.46. The Morgan fingerprint density at radius 2 is 1.85 bits per heavy atom. The molecule has 5 rings (SSSR count). The molecule has 176 valence electrons. The molecule has 1 saturated carbocycles. The number of nitrogens with one attached hydrogen (secondary N) is 2. The van der Waals surface area contributed by atoms with Gasteiger partial charge in [-0.05, 0) is 85.0 Å². The lowest BCUT2D eigenvalue weighted by Crippen LogP contribution is -2.36. The van der Waals surface area contributed by atoms with Crippen LogP contribution in [0.2, 0.25) is 0 Å². The van der Waals surface area contributed by atoms with Crippen LogP contribution in [-0.2, 0) is 16.4 Å².